The van der Waals surface area contributed by atoms with Gasteiger partial charge in [-0.25, -0.2) is 4.79 Å². The number of carboxylic acid groups (broad SMARTS) is 1. The third-order valence-electron chi connectivity index (χ3n) is 3.95. The second-order valence-corrected chi connectivity index (χ2v) is 5.34. The van der Waals surface area contributed by atoms with Crippen LogP contribution in [-0.2, 0) is 0 Å². The van der Waals surface area contributed by atoms with Crippen LogP contribution in [-0.4, -0.2) is 17.2 Å². The molecule has 0 aromatic heterocycles. The van der Waals surface area contributed by atoms with E-state index in [0.29, 0.717) is 11.5 Å². The highest BCUT2D eigenvalue weighted by atomic mass is 16.5. The molecule has 3 nitrogen and oxygen atoms in total. The zero-order valence-corrected chi connectivity index (χ0v) is 10.9. The number of carbonyl (C=O) groups is 1. The lowest BCUT2D eigenvalue weighted by molar-refractivity contribution is 0.0696. The summed E-state index contributed by atoms with van der Waals surface area (Å²) >= 11 is 0. The summed E-state index contributed by atoms with van der Waals surface area (Å²) in [5.74, 6) is 1.34. The van der Waals surface area contributed by atoms with Gasteiger partial charge in [0, 0.05) is 0 Å². The van der Waals surface area contributed by atoms with Crippen LogP contribution in [0.1, 0.15) is 43.5 Å². The minimum atomic E-state index is -0.901. The fraction of sp³-hybridized carbons (Fsp3) is 0.533. The van der Waals surface area contributed by atoms with Gasteiger partial charge in [0.1, 0.15) is 5.75 Å². The van der Waals surface area contributed by atoms with E-state index in [1.54, 1.807) is 24.3 Å². The second kappa shape index (κ2) is 5.42. The molecule has 3 atom stereocenters. The minimum absolute atomic E-state index is 0.270. The Morgan fingerprint density at radius 2 is 1.83 bits per heavy atom. The standard InChI is InChI=1S/C15H20O3/c1-10-3-6-14(9-11(10)2)18-13-7-4-12(5-8-13)15(16)17/h4-5,7-8,10-11,14H,3,6,9H2,1-2H3,(H,16,17). The highest BCUT2D eigenvalue weighted by molar-refractivity contribution is 5.87. The Morgan fingerprint density at radius 1 is 1.17 bits per heavy atom. The van der Waals surface area contributed by atoms with Crippen molar-refractivity contribution in [2.24, 2.45) is 11.8 Å². The predicted molar refractivity (Wildman–Crippen MR) is 70.0 cm³/mol. The molecule has 98 valence electrons. The van der Waals surface area contributed by atoms with Crippen LogP contribution in [0.15, 0.2) is 24.3 Å². The van der Waals surface area contributed by atoms with Gasteiger partial charge in [0.25, 0.3) is 0 Å². The predicted octanol–water partition coefficient (Wildman–Crippen LogP) is 3.59. The van der Waals surface area contributed by atoms with Crippen LogP contribution in [0.25, 0.3) is 0 Å². The molecule has 1 aliphatic rings. The molecule has 1 saturated carbocycles. The normalized spacial score (nSPS) is 27.8. The summed E-state index contributed by atoms with van der Waals surface area (Å²) in [5, 5.41) is 8.82. The number of hydrogen-bond acceptors (Lipinski definition) is 2. The summed E-state index contributed by atoms with van der Waals surface area (Å²) in [4.78, 5) is 10.7. The first-order chi connectivity index (χ1) is 8.56. The van der Waals surface area contributed by atoms with E-state index in [9.17, 15) is 4.79 Å². The summed E-state index contributed by atoms with van der Waals surface area (Å²) in [7, 11) is 0. The maximum atomic E-state index is 10.7. The van der Waals surface area contributed by atoms with Crippen LogP contribution < -0.4 is 4.74 Å². The topological polar surface area (TPSA) is 46.5 Å². The highest BCUT2D eigenvalue weighted by Crippen LogP contribution is 2.31. The van der Waals surface area contributed by atoms with Crippen LogP contribution in [0.2, 0.25) is 0 Å². The Morgan fingerprint density at radius 3 is 2.39 bits per heavy atom. The van der Waals surface area contributed by atoms with E-state index in [1.807, 2.05) is 0 Å². The summed E-state index contributed by atoms with van der Waals surface area (Å²) < 4.78 is 5.92. The van der Waals surface area contributed by atoms with E-state index in [-0.39, 0.29) is 6.10 Å². The molecule has 3 heteroatoms. The van der Waals surface area contributed by atoms with Gasteiger partial charge in [0.05, 0.1) is 11.7 Å². The maximum Gasteiger partial charge on any atom is 0.335 e. The quantitative estimate of drug-likeness (QED) is 0.889. The number of hydrogen-bond donors (Lipinski definition) is 1. The molecule has 0 amide bonds. The van der Waals surface area contributed by atoms with Gasteiger partial charge >= 0.3 is 5.97 Å². The van der Waals surface area contributed by atoms with E-state index in [4.69, 9.17) is 9.84 Å². The highest BCUT2D eigenvalue weighted by Gasteiger charge is 2.25. The third kappa shape index (κ3) is 3.03. The van der Waals surface area contributed by atoms with Gasteiger partial charge in [0.15, 0.2) is 0 Å². The molecule has 0 heterocycles. The van der Waals surface area contributed by atoms with Crippen molar-refractivity contribution in [2.75, 3.05) is 0 Å². The smallest absolute Gasteiger partial charge is 0.335 e. The lowest BCUT2D eigenvalue weighted by atomic mass is 9.80. The van der Waals surface area contributed by atoms with E-state index in [2.05, 4.69) is 13.8 Å². The molecule has 0 spiro atoms. The van der Waals surface area contributed by atoms with E-state index in [0.717, 1.165) is 24.5 Å². The third-order valence-corrected chi connectivity index (χ3v) is 3.95. The van der Waals surface area contributed by atoms with Gasteiger partial charge in [-0.15, -0.1) is 0 Å². The lowest BCUT2D eigenvalue weighted by Gasteiger charge is -2.32. The molecule has 1 N–H and O–H groups in total. The maximum absolute atomic E-state index is 10.7. The Labute approximate surface area is 108 Å². The molecule has 1 fully saturated rings. The van der Waals surface area contributed by atoms with Crippen molar-refractivity contribution in [1.29, 1.82) is 0 Å². The second-order valence-electron chi connectivity index (χ2n) is 5.34. The fourth-order valence-electron chi connectivity index (χ4n) is 2.47. The molecule has 3 unspecified atom stereocenters. The number of benzene rings is 1. The fourth-order valence-corrected chi connectivity index (χ4v) is 2.47. The van der Waals surface area contributed by atoms with Crippen LogP contribution in [0.3, 0.4) is 0 Å². The summed E-state index contributed by atoms with van der Waals surface area (Å²) in [5.41, 5.74) is 0.299. The van der Waals surface area contributed by atoms with Gasteiger partial charge in [-0.2, -0.15) is 0 Å². The molecular formula is C15H20O3. The summed E-state index contributed by atoms with van der Waals surface area (Å²) in [6, 6.07) is 6.66. The minimum Gasteiger partial charge on any atom is -0.490 e. The van der Waals surface area contributed by atoms with Crippen LogP contribution >= 0.6 is 0 Å². The van der Waals surface area contributed by atoms with Crippen molar-refractivity contribution < 1.29 is 14.6 Å². The Hall–Kier alpha value is -1.51. The van der Waals surface area contributed by atoms with Gasteiger partial charge in [0.2, 0.25) is 0 Å². The van der Waals surface area contributed by atoms with Crippen LogP contribution in [0, 0.1) is 11.8 Å². The van der Waals surface area contributed by atoms with E-state index in [1.165, 1.54) is 6.42 Å². The average Bonchev–Trinajstić information content (AvgIpc) is 2.34. The van der Waals surface area contributed by atoms with Crippen molar-refractivity contribution in [3.05, 3.63) is 29.8 Å². The molecule has 1 aromatic carbocycles. The summed E-state index contributed by atoms with van der Waals surface area (Å²) in [6.07, 6.45) is 3.65. The number of carboxylic acids is 1. The van der Waals surface area contributed by atoms with Crippen LogP contribution in [0.5, 0.6) is 5.75 Å². The zero-order valence-electron chi connectivity index (χ0n) is 10.9. The molecule has 1 aliphatic carbocycles. The van der Waals surface area contributed by atoms with Crippen molar-refractivity contribution >= 4 is 5.97 Å². The van der Waals surface area contributed by atoms with E-state index < -0.39 is 5.97 Å². The number of ether oxygens (including phenoxy) is 1. The first kappa shape index (κ1) is 12.9. The van der Waals surface area contributed by atoms with Crippen molar-refractivity contribution in [1.82, 2.24) is 0 Å². The summed E-state index contributed by atoms with van der Waals surface area (Å²) in [6.45, 7) is 4.57. The van der Waals surface area contributed by atoms with Gasteiger partial charge in [-0.1, -0.05) is 13.8 Å². The van der Waals surface area contributed by atoms with Crippen molar-refractivity contribution in [2.45, 2.75) is 39.2 Å². The number of aromatic carboxylic acids is 1. The molecule has 18 heavy (non-hydrogen) atoms. The lowest BCUT2D eigenvalue weighted by Crippen LogP contribution is -2.28. The monoisotopic (exact) mass is 248 g/mol. The van der Waals surface area contributed by atoms with Gasteiger partial charge in [-0.3, -0.25) is 0 Å². The Bertz CT molecular complexity index is 410. The molecule has 0 bridgehead atoms. The van der Waals surface area contributed by atoms with Gasteiger partial charge < -0.3 is 9.84 Å². The number of rotatable bonds is 3. The molecule has 1 aromatic rings. The van der Waals surface area contributed by atoms with Crippen LogP contribution in [0.4, 0.5) is 0 Å². The largest absolute Gasteiger partial charge is 0.490 e. The molecular weight excluding hydrogens is 228 g/mol. The van der Waals surface area contributed by atoms with Crippen molar-refractivity contribution in [3.8, 4) is 5.75 Å². The van der Waals surface area contributed by atoms with Crippen molar-refractivity contribution in [3.63, 3.8) is 0 Å². The Kier molecular flexibility index (Phi) is 3.90. The molecule has 0 aliphatic heterocycles. The molecule has 0 saturated heterocycles. The average molecular weight is 248 g/mol. The first-order valence-electron chi connectivity index (χ1n) is 6.56. The first-order valence-corrected chi connectivity index (χ1v) is 6.56. The van der Waals surface area contributed by atoms with Gasteiger partial charge in [-0.05, 0) is 55.4 Å². The molecule has 2 rings (SSSR count). The zero-order chi connectivity index (χ0) is 13.1. The van der Waals surface area contributed by atoms with E-state index >= 15 is 0 Å². The Balaban J connectivity index is 1.95. The SMILES string of the molecule is CC1CCC(Oc2ccc(C(=O)O)cc2)CC1C. The molecule has 0 radical (unpaired) electrons.